The normalized spacial score (nSPS) is 26.9. The third kappa shape index (κ3) is 2.45. The molecule has 2 rings (SSSR count). The second-order valence-corrected chi connectivity index (χ2v) is 4.68. The molecular weight excluding hydrogens is 200 g/mol. The molecule has 88 valence electrons. The van der Waals surface area contributed by atoms with E-state index in [0.29, 0.717) is 6.61 Å². The number of aryl methyl sites for hydroxylation is 1. The van der Waals surface area contributed by atoms with Crippen molar-refractivity contribution < 1.29 is 9.84 Å². The molecule has 1 aromatic rings. The van der Waals surface area contributed by atoms with Crippen LogP contribution < -0.4 is 0 Å². The molecular formula is C14H20O2. The number of hydrogen-bond acceptors (Lipinski definition) is 2. The molecule has 1 fully saturated rings. The van der Waals surface area contributed by atoms with Gasteiger partial charge in [-0.05, 0) is 30.9 Å². The van der Waals surface area contributed by atoms with Crippen molar-refractivity contribution in [3.05, 3.63) is 35.4 Å². The highest BCUT2D eigenvalue weighted by Crippen LogP contribution is 2.31. The van der Waals surface area contributed by atoms with E-state index in [1.165, 1.54) is 5.56 Å². The van der Waals surface area contributed by atoms with Crippen LogP contribution in [0, 0.1) is 5.92 Å². The molecule has 1 saturated heterocycles. The number of rotatable bonds is 3. The first-order valence-corrected chi connectivity index (χ1v) is 6.09. The Balaban J connectivity index is 2.05. The Labute approximate surface area is 97.3 Å². The molecule has 0 aromatic heterocycles. The van der Waals surface area contributed by atoms with Crippen molar-refractivity contribution in [1.82, 2.24) is 0 Å². The molecule has 1 N–H and O–H groups in total. The molecule has 1 aliphatic heterocycles. The molecule has 2 nitrogen and oxygen atoms in total. The number of aliphatic hydroxyl groups is 1. The molecule has 0 radical (unpaired) electrons. The van der Waals surface area contributed by atoms with Gasteiger partial charge < -0.3 is 9.84 Å². The molecule has 3 atom stereocenters. The zero-order valence-electron chi connectivity index (χ0n) is 10.0. The van der Waals surface area contributed by atoms with Gasteiger partial charge in [0, 0.05) is 5.92 Å². The van der Waals surface area contributed by atoms with Crippen LogP contribution in [0.15, 0.2) is 24.3 Å². The van der Waals surface area contributed by atoms with Gasteiger partial charge in [-0.3, -0.25) is 0 Å². The standard InChI is InChI=1S/C14H20O2/c1-3-11-4-6-12(7-5-11)14(15)13-8-10(2)16-9-13/h4-7,10,13-15H,3,8-9H2,1-2H3. The molecule has 0 bridgehead atoms. The smallest absolute Gasteiger partial charge is 0.0841 e. The molecule has 0 spiro atoms. The van der Waals surface area contributed by atoms with E-state index in [-0.39, 0.29) is 18.1 Å². The molecule has 16 heavy (non-hydrogen) atoms. The van der Waals surface area contributed by atoms with Crippen molar-refractivity contribution in [3.8, 4) is 0 Å². The van der Waals surface area contributed by atoms with E-state index in [0.717, 1.165) is 18.4 Å². The van der Waals surface area contributed by atoms with Gasteiger partial charge in [0.15, 0.2) is 0 Å². The number of hydrogen-bond donors (Lipinski definition) is 1. The van der Waals surface area contributed by atoms with E-state index in [4.69, 9.17) is 4.74 Å². The summed E-state index contributed by atoms with van der Waals surface area (Å²) < 4.78 is 5.49. The van der Waals surface area contributed by atoms with E-state index < -0.39 is 0 Å². The van der Waals surface area contributed by atoms with Crippen LogP contribution in [0.5, 0.6) is 0 Å². The van der Waals surface area contributed by atoms with Crippen LogP contribution in [0.3, 0.4) is 0 Å². The van der Waals surface area contributed by atoms with Crippen LogP contribution in [0.1, 0.15) is 37.5 Å². The Morgan fingerprint density at radius 3 is 2.56 bits per heavy atom. The molecule has 0 aliphatic carbocycles. The van der Waals surface area contributed by atoms with E-state index in [9.17, 15) is 5.11 Å². The van der Waals surface area contributed by atoms with Gasteiger partial charge >= 0.3 is 0 Å². The quantitative estimate of drug-likeness (QED) is 0.848. The lowest BCUT2D eigenvalue weighted by atomic mass is 9.93. The van der Waals surface area contributed by atoms with Crippen LogP contribution in [-0.2, 0) is 11.2 Å². The number of benzene rings is 1. The van der Waals surface area contributed by atoms with Gasteiger partial charge in [0.1, 0.15) is 0 Å². The average Bonchev–Trinajstić information content (AvgIpc) is 2.75. The fourth-order valence-corrected chi connectivity index (χ4v) is 2.29. The Kier molecular flexibility index (Phi) is 3.62. The fraction of sp³-hybridized carbons (Fsp3) is 0.571. The van der Waals surface area contributed by atoms with Crippen molar-refractivity contribution in [3.63, 3.8) is 0 Å². The highest BCUT2D eigenvalue weighted by atomic mass is 16.5. The largest absolute Gasteiger partial charge is 0.388 e. The van der Waals surface area contributed by atoms with E-state index in [1.807, 2.05) is 12.1 Å². The third-order valence-electron chi connectivity index (χ3n) is 3.41. The van der Waals surface area contributed by atoms with Crippen molar-refractivity contribution in [2.24, 2.45) is 5.92 Å². The first-order valence-electron chi connectivity index (χ1n) is 6.09. The summed E-state index contributed by atoms with van der Waals surface area (Å²) in [6, 6.07) is 8.26. The van der Waals surface area contributed by atoms with Crippen LogP contribution in [0.2, 0.25) is 0 Å². The van der Waals surface area contributed by atoms with Crippen LogP contribution in [0.25, 0.3) is 0 Å². The van der Waals surface area contributed by atoms with Crippen molar-refractivity contribution in [2.75, 3.05) is 6.61 Å². The van der Waals surface area contributed by atoms with Crippen molar-refractivity contribution >= 4 is 0 Å². The maximum absolute atomic E-state index is 10.2. The predicted molar refractivity (Wildman–Crippen MR) is 64.3 cm³/mol. The Hall–Kier alpha value is -0.860. The second-order valence-electron chi connectivity index (χ2n) is 4.68. The highest BCUT2D eigenvalue weighted by molar-refractivity contribution is 5.24. The molecule has 1 aliphatic rings. The summed E-state index contributed by atoms with van der Waals surface area (Å²) in [6.45, 7) is 4.88. The molecule has 2 heteroatoms. The van der Waals surface area contributed by atoms with Gasteiger partial charge in [-0.1, -0.05) is 31.2 Å². The van der Waals surface area contributed by atoms with E-state index in [1.54, 1.807) is 0 Å². The molecule has 1 heterocycles. The zero-order chi connectivity index (χ0) is 11.5. The lowest BCUT2D eigenvalue weighted by molar-refractivity contribution is 0.0804. The summed E-state index contributed by atoms with van der Waals surface area (Å²) in [5.74, 6) is 0.252. The van der Waals surface area contributed by atoms with Crippen molar-refractivity contribution in [1.29, 1.82) is 0 Å². The highest BCUT2D eigenvalue weighted by Gasteiger charge is 2.29. The van der Waals surface area contributed by atoms with Gasteiger partial charge in [0.25, 0.3) is 0 Å². The van der Waals surface area contributed by atoms with Gasteiger partial charge in [0.2, 0.25) is 0 Å². The minimum absolute atomic E-state index is 0.252. The number of aliphatic hydroxyl groups excluding tert-OH is 1. The first-order chi connectivity index (χ1) is 7.70. The average molecular weight is 220 g/mol. The topological polar surface area (TPSA) is 29.5 Å². The van der Waals surface area contributed by atoms with Crippen molar-refractivity contribution in [2.45, 2.75) is 38.9 Å². The SMILES string of the molecule is CCc1ccc(C(O)C2COC(C)C2)cc1. The monoisotopic (exact) mass is 220 g/mol. The lowest BCUT2D eigenvalue weighted by Crippen LogP contribution is -2.12. The van der Waals surface area contributed by atoms with Gasteiger partial charge in [-0.15, -0.1) is 0 Å². The Bertz CT molecular complexity index is 331. The molecule has 0 saturated carbocycles. The van der Waals surface area contributed by atoms with E-state index in [2.05, 4.69) is 26.0 Å². The Morgan fingerprint density at radius 2 is 2.06 bits per heavy atom. The summed E-state index contributed by atoms with van der Waals surface area (Å²) in [6.07, 6.45) is 1.90. The fourth-order valence-electron chi connectivity index (χ4n) is 2.29. The van der Waals surface area contributed by atoms with Gasteiger partial charge in [0.05, 0.1) is 18.8 Å². The van der Waals surface area contributed by atoms with Crippen LogP contribution in [0.4, 0.5) is 0 Å². The first kappa shape index (κ1) is 11.6. The summed E-state index contributed by atoms with van der Waals surface area (Å²) in [5.41, 5.74) is 2.33. The number of ether oxygens (including phenoxy) is 1. The van der Waals surface area contributed by atoms with E-state index >= 15 is 0 Å². The molecule has 0 amide bonds. The zero-order valence-corrected chi connectivity index (χ0v) is 10.0. The maximum atomic E-state index is 10.2. The summed E-state index contributed by atoms with van der Waals surface area (Å²) >= 11 is 0. The minimum Gasteiger partial charge on any atom is -0.388 e. The summed E-state index contributed by atoms with van der Waals surface area (Å²) in [5, 5.41) is 10.2. The third-order valence-corrected chi connectivity index (χ3v) is 3.41. The Morgan fingerprint density at radius 1 is 1.38 bits per heavy atom. The van der Waals surface area contributed by atoms with Gasteiger partial charge in [-0.25, -0.2) is 0 Å². The van der Waals surface area contributed by atoms with Crippen LogP contribution in [-0.4, -0.2) is 17.8 Å². The summed E-state index contributed by atoms with van der Waals surface area (Å²) in [7, 11) is 0. The molecule has 3 unspecified atom stereocenters. The van der Waals surface area contributed by atoms with Gasteiger partial charge in [-0.2, -0.15) is 0 Å². The summed E-state index contributed by atoms with van der Waals surface area (Å²) in [4.78, 5) is 0. The molecule has 1 aromatic carbocycles. The second kappa shape index (κ2) is 4.98. The maximum Gasteiger partial charge on any atom is 0.0841 e. The minimum atomic E-state index is -0.379. The van der Waals surface area contributed by atoms with Crippen LogP contribution >= 0.6 is 0 Å². The lowest BCUT2D eigenvalue weighted by Gasteiger charge is -2.17. The predicted octanol–water partition coefficient (Wildman–Crippen LogP) is 2.71.